The zero-order chi connectivity index (χ0) is 11.5. The molecule has 1 aromatic carbocycles. The molecule has 0 fully saturated rings. The third-order valence-corrected chi connectivity index (χ3v) is 3.25. The second kappa shape index (κ2) is 4.69. The maximum Gasteiger partial charge on any atom is 0.221 e. The molecule has 0 saturated heterocycles. The molecule has 0 aliphatic heterocycles. The number of carbonyl (C=O) groups excluding carboxylic acids is 1. The van der Waals surface area contributed by atoms with Crippen molar-refractivity contribution >= 4 is 11.6 Å². The quantitative estimate of drug-likeness (QED) is 0.719. The predicted molar refractivity (Wildman–Crippen MR) is 66.7 cm³/mol. The molecule has 0 unspecified atom stereocenters. The van der Waals surface area contributed by atoms with Crippen LogP contribution < -0.4 is 5.32 Å². The molecule has 0 bridgehead atoms. The molecule has 2 nitrogen and oxygen atoms in total. The summed E-state index contributed by atoms with van der Waals surface area (Å²) >= 11 is 0. The lowest BCUT2D eigenvalue weighted by molar-refractivity contribution is -0.114. The van der Waals surface area contributed by atoms with Crippen LogP contribution in [0.2, 0.25) is 0 Å². The first kappa shape index (κ1) is 11.2. The van der Waals surface area contributed by atoms with Crippen LogP contribution in [0, 0.1) is 6.92 Å². The molecule has 16 heavy (non-hydrogen) atoms. The summed E-state index contributed by atoms with van der Waals surface area (Å²) < 4.78 is 0. The second-order valence-electron chi connectivity index (χ2n) is 4.68. The van der Waals surface area contributed by atoms with Gasteiger partial charge in [-0.05, 0) is 55.4 Å². The number of fused-ring (bicyclic) bond motifs is 1. The number of nitrogens with one attached hydrogen (secondary N) is 1. The van der Waals surface area contributed by atoms with Gasteiger partial charge in [0.15, 0.2) is 0 Å². The topological polar surface area (TPSA) is 29.1 Å². The first-order valence-electron chi connectivity index (χ1n) is 6.07. The maximum atomic E-state index is 11.1. The van der Waals surface area contributed by atoms with E-state index in [-0.39, 0.29) is 5.91 Å². The van der Waals surface area contributed by atoms with Gasteiger partial charge in [-0.25, -0.2) is 0 Å². The molecule has 0 saturated carbocycles. The molecule has 0 heterocycles. The van der Waals surface area contributed by atoms with Crippen molar-refractivity contribution in [2.75, 3.05) is 5.32 Å². The summed E-state index contributed by atoms with van der Waals surface area (Å²) in [6.07, 6.45) is 6.24. The van der Waals surface area contributed by atoms with Crippen LogP contribution in [0.5, 0.6) is 0 Å². The van der Waals surface area contributed by atoms with Crippen molar-refractivity contribution in [3.8, 4) is 0 Å². The first-order chi connectivity index (χ1) is 7.66. The minimum atomic E-state index is 0.0108. The normalized spacial score (nSPS) is 15.1. The molecule has 0 spiro atoms. The largest absolute Gasteiger partial charge is 0.326 e. The Bertz CT molecular complexity index is 409. The molecule has 0 aromatic heterocycles. The van der Waals surface area contributed by atoms with Gasteiger partial charge < -0.3 is 5.32 Å². The van der Waals surface area contributed by atoms with E-state index in [0.29, 0.717) is 0 Å². The molecule has 1 amide bonds. The Kier molecular flexibility index (Phi) is 3.28. The van der Waals surface area contributed by atoms with Gasteiger partial charge in [-0.1, -0.05) is 12.5 Å². The molecule has 1 aromatic rings. The summed E-state index contributed by atoms with van der Waals surface area (Å²) in [4.78, 5) is 11.1. The van der Waals surface area contributed by atoms with E-state index in [1.807, 2.05) is 0 Å². The molecular formula is C14H19NO. The third kappa shape index (κ3) is 2.43. The van der Waals surface area contributed by atoms with Gasteiger partial charge in [-0.3, -0.25) is 4.79 Å². The van der Waals surface area contributed by atoms with Crippen LogP contribution in [-0.4, -0.2) is 5.91 Å². The second-order valence-corrected chi connectivity index (χ2v) is 4.68. The van der Waals surface area contributed by atoms with Crippen molar-refractivity contribution in [1.29, 1.82) is 0 Å². The van der Waals surface area contributed by atoms with Gasteiger partial charge in [0, 0.05) is 12.6 Å². The Labute approximate surface area is 97.1 Å². The van der Waals surface area contributed by atoms with Crippen LogP contribution in [-0.2, 0) is 17.6 Å². The number of amides is 1. The number of aryl methyl sites for hydroxylation is 3. The molecule has 2 rings (SSSR count). The zero-order valence-electron chi connectivity index (χ0n) is 10.1. The Balaban J connectivity index is 2.34. The van der Waals surface area contributed by atoms with Gasteiger partial charge in [0.2, 0.25) is 5.91 Å². The highest BCUT2D eigenvalue weighted by Crippen LogP contribution is 2.26. The fourth-order valence-corrected chi connectivity index (χ4v) is 2.41. The lowest BCUT2D eigenvalue weighted by Gasteiger charge is -2.12. The summed E-state index contributed by atoms with van der Waals surface area (Å²) in [6.45, 7) is 3.63. The van der Waals surface area contributed by atoms with E-state index in [0.717, 1.165) is 12.1 Å². The Morgan fingerprint density at radius 3 is 2.38 bits per heavy atom. The standard InChI is InChI=1S/C14H19NO/c1-10-8-12-6-4-3-5-7-13(12)9-14(10)15-11(2)16/h8-9H,3-7H2,1-2H3,(H,15,16). The molecule has 1 N–H and O–H groups in total. The fourth-order valence-electron chi connectivity index (χ4n) is 2.41. The summed E-state index contributed by atoms with van der Waals surface area (Å²) in [6, 6.07) is 4.41. The Hall–Kier alpha value is -1.31. The summed E-state index contributed by atoms with van der Waals surface area (Å²) in [5.41, 5.74) is 5.06. The highest BCUT2D eigenvalue weighted by Gasteiger charge is 2.11. The smallest absolute Gasteiger partial charge is 0.221 e. The third-order valence-electron chi connectivity index (χ3n) is 3.25. The lowest BCUT2D eigenvalue weighted by Crippen LogP contribution is -2.08. The number of anilines is 1. The molecule has 2 heteroatoms. The van der Waals surface area contributed by atoms with Crippen molar-refractivity contribution in [3.63, 3.8) is 0 Å². The van der Waals surface area contributed by atoms with E-state index in [1.165, 1.54) is 42.4 Å². The van der Waals surface area contributed by atoms with E-state index in [1.54, 1.807) is 6.92 Å². The average Bonchev–Trinajstić information content (AvgIpc) is 2.42. The van der Waals surface area contributed by atoms with E-state index < -0.39 is 0 Å². The van der Waals surface area contributed by atoms with Crippen LogP contribution in [0.15, 0.2) is 12.1 Å². The molecular weight excluding hydrogens is 198 g/mol. The van der Waals surface area contributed by atoms with Gasteiger partial charge in [0.1, 0.15) is 0 Å². The maximum absolute atomic E-state index is 11.1. The van der Waals surface area contributed by atoms with E-state index in [9.17, 15) is 4.79 Å². The monoisotopic (exact) mass is 217 g/mol. The number of rotatable bonds is 1. The summed E-state index contributed by atoms with van der Waals surface area (Å²) in [7, 11) is 0. The molecule has 86 valence electrons. The Morgan fingerprint density at radius 1 is 1.12 bits per heavy atom. The van der Waals surface area contributed by atoms with Crippen LogP contribution in [0.3, 0.4) is 0 Å². The van der Waals surface area contributed by atoms with Crippen LogP contribution in [0.1, 0.15) is 42.9 Å². The summed E-state index contributed by atoms with van der Waals surface area (Å²) in [5, 5.41) is 2.90. The molecule has 1 aliphatic carbocycles. The van der Waals surface area contributed by atoms with Crippen LogP contribution >= 0.6 is 0 Å². The highest BCUT2D eigenvalue weighted by atomic mass is 16.1. The number of benzene rings is 1. The minimum absolute atomic E-state index is 0.0108. The van der Waals surface area contributed by atoms with Crippen molar-refractivity contribution < 1.29 is 4.79 Å². The zero-order valence-corrected chi connectivity index (χ0v) is 10.1. The van der Waals surface area contributed by atoms with Crippen molar-refractivity contribution in [2.24, 2.45) is 0 Å². The number of hydrogen-bond donors (Lipinski definition) is 1. The van der Waals surface area contributed by atoms with Gasteiger partial charge in [-0.15, -0.1) is 0 Å². The van der Waals surface area contributed by atoms with Gasteiger partial charge in [-0.2, -0.15) is 0 Å². The van der Waals surface area contributed by atoms with Crippen LogP contribution in [0.25, 0.3) is 0 Å². The highest BCUT2D eigenvalue weighted by molar-refractivity contribution is 5.89. The molecule has 0 atom stereocenters. The van der Waals surface area contributed by atoms with Crippen molar-refractivity contribution in [2.45, 2.75) is 46.0 Å². The minimum Gasteiger partial charge on any atom is -0.326 e. The number of hydrogen-bond acceptors (Lipinski definition) is 1. The van der Waals surface area contributed by atoms with Crippen molar-refractivity contribution in [3.05, 3.63) is 28.8 Å². The first-order valence-corrected chi connectivity index (χ1v) is 6.07. The van der Waals surface area contributed by atoms with E-state index >= 15 is 0 Å². The Morgan fingerprint density at radius 2 is 1.75 bits per heavy atom. The van der Waals surface area contributed by atoms with Crippen LogP contribution in [0.4, 0.5) is 5.69 Å². The van der Waals surface area contributed by atoms with Gasteiger partial charge >= 0.3 is 0 Å². The van der Waals surface area contributed by atoms with Gasteiger partial charge in [0.05, 0.1) is 0 Å². The lowest BCUT2D eigenvalue weighted by atomic mass is 9.99. The van der Waals surface area contributed by atoms with E-state index in [4.69, 9.17) is 0 Å². The van der Waals surface area contributed by atoms with E-state index in [2.05, 4.69) is 24.4 Å². The van der Waals surface area contributed by atoms with Crippen molar-refractivity contribution in [1.82, 2.24) is 0 Å². The average molecular weight is 217 g/mol. The number of carbonyl (C=O) groups is 1. The molecule has 1 aliphatic rings. The summed E-state index contributed by atoms with van der Waals surface area (Å²) in [5.74, 6) is 0.0108. The van der Waals surface area contributed by atoms with Gasteiger partial charge in [0.25, 0.3) is 0 Å². The predicted octanol–water partition coefficient (Wildman–Crippen LogP) is 3.22. The SMILES string of the molecule is CC(=O)Nc1cc2c(cc1C)CCCCC2. The fraction of sp³-hybridized carbons (Fsp3) is 0.500. The molecule has 0 radical (unpaired) electrons.